The van der Waals surface area contributed by atoms with Crippen LogP contribution in [-0.2, 0) is 0 Å². The largest absolute Gasteiger partial charge is 0.492 e. The van der Waals surface area contributed by atoms with Crippen LogP contribution in [0.2, 0.25) is 0 Å². The molecule has 0 atom stereocenters. The van der Waals surface area contributed by atoms with Crippen LogP contribution in [0.15, 0.2) is 6.20 Å². The summed E-state index contributed by atoms with van der Waals surface area (Å²) in [6, 6.07) is 0. The van der Waals surface area contributed by atoms with Gasteiger partial charge in [-0.3, -0.25) is 9.78 Å². The summed E-state index contributed by atoms with van der Waals surface area (Å²) in [5.74, 6) is 0.113. The Labute approximate surface area is 84.8 Å². The Kier molecular flexibility index (Phi) is 3.54. The molecule has 0 unspecified atom stereocenters. The third-order valence-corrected chi connectivity index (χ3v) is 1.81. The van der Waals surface area contributed by atoms with E-state index in [1.54, 1.807) is 0 Å². The van der Waals surface area contributed by atoms with Gasteiger partial charge < -0.3 is 9.47 Å². The zero-order chi connectivity index (χ0) is 11.4. The van der Waals surface area contributed by atoms with Crippen LogP contribution in [0.3, 0.4) is 0 Å². The van der Waals surface area contributed by atoms with Crippen molar-refractivity contribution in [1.82, 2.24) is 4.98 Å². The highest BCUT2D eigenvalue weighted by molar-refractivity contribution is 5.82. The molecule has 0 saturated carbocycles. The maximum Gasteiger partial charge on any atom is 0.281 e. The first-order valence-corrected chi connectivity index (χ1v) is 3.99. The van der Waals surface area contributed by atoms with Crippen LogP contribution in [0.1, 0.15) is 22.5 Å². The van der Waals surface area contributed by atoms with Gasteiger partial charge in [-0.25, -0.2) is 8.78 Å². The van der Waals surface area contributed by atoms with Crippen molar-refractivity contribution in [3.63, 3.8) is 0 Å². The molecule has 0 aliphatic carbocycles. The summed E-state index contributed by atoms with van der Waals surface area (Å²) in [5, 5.41) is 0. The second kappa shape index (κ2) is 4.68. The van der Waals surface area contributed by atoms with Gasteiger partial charge in [0.1, 0.15) is 5.69 Å². The number of ether oxygens (including phenoxy) is 2. The molecule has 6 heteroatoms. The number of aldehydes is 1. The summed E-state index contributed by atoms with van der Waals surface area (Å²) >= 11 is 0. The lowest BCUT2D eigenvalue weighted by Crippen LogP contribution is -2.03. The molecule has 1 rings (SSSR count). The number of pyridine rings is 1. The molecule has 0 bridgehead atoms. The number of halogens is 2. The molecule has 82 valence electrons. The fourth-order valence-electron chi connectivity index (χ4n) is 1.15. The first kappa shape index (κ1) is 11.4. The summed E-state index contributed by atoms with van der Waals surface area (Å²) in [6.45, 7) is 0. The molecule has 0 aliphatic heterocycles. The molecular formula is C9H9F2NO3. The molecular weight excluding hydrogens is 208 g/mol. The van der Waals surface area contributed by atoms with Crippen LogP contribution >= 0.6 is 0 Å². The third kappa shape index (κ3) is 2.03. The lowest BCUT2D eigenvalue weighted by molar-refractivity contribution is 0.109. The lowest BCUT2D eigenvalue weighted by atomic mass is 10.2. The van der Waals surface area contributed by atoms with Gasteiger partial charge in [0.25, 0.3) is 6.43 Å². The summed E-state index contributed by atoms with van der Waals surface area (Å²) < 4.78 is 34.5. The summed E-state index contributed by atoms with van der Waals surface area (Å²) in [5.41, 5.74) is -0.894. The number of carbonyl (C=O) groups is 1. The zero-order valence-corrected chi connectivity index (χ0v) is 8.16. The highest BCUT2D eigenvalue weighted by atomic mass is 19.3. The predicted molar refractivity (Wildman–Crippen MR) is 47.7 cm³/mol. The standard InChI is InChI=1S/C9H9F2NO3/c1-14-6-3-12-7(9(10)11)5(4-13)8(6)15-2/h3-4,9H,1-2H3. The van der Waals surface area contributed by atoms with Crippen molar-refractivity contribution in [2.75, 3.05) is 14.2 Å². The topological polar surface area (TPSA) is 48.4 Å². The molecule has 0 spiro atoms. The molecule has 0 amide bonds. The lowest BCUT2D eigenvalue weighted by Gasteiger charge is -2.11. The van der Waals surface area contributed by atoms with E-state index in [1.165, 1.54) is 14.2 Å². The minimum absolute atomic E-state index is 0.0298. The highest BCUT2D eigenvalue weighted by Gasteiger charge is 2.21. The second-order valence-corrected chi connectivity index (χ2v) is 2.58. The van der Waals surface area contributed by atoms with Crippen molar-refractivity contribution < 1.29 is 23.0 Å². The fraction of sp³-hybridized carbons (Fsp3) is 0.333. The maximum absolute atomic E-state index is 12.4. The van der Waals surface area contributed by atoms with Gasteiger partial charge in [0.2, 0.25) is 0 Å². The minimum Gasteiger partial charge on any atom is -0.492 e. The predicted octanol–water partition coefficient (Wildman–Crippen LogP) is 1.85. The Morgan fingerprint density at radius 2 is 2.07 bits per heavy atom. The number of methoxy groups -OCH3 is 2. The Balaban J connectivity index is 3.40. The average molecular weight is 217 g/mol. The SMILES string of the molecule is COc1cnc(C(F)F)c(C=O)c1OC. The van der Waals surface area contributed by atoms with Crippen LogP contribution in [-0.4, -0.2) is 25.5 Å². The number of aromatic nitrogens is 1. The quantitative estimate of drug-likeness (QED) is 0.722. The van der Waals surface area contributed by atoms with Crippen molar-refractivity contribution in [3.8, 4) is 11.5 Å². The van der Waals surface area contributed by atoms with Gasteiger partial charge in [0.05, 0.1) is 26.0 Å². The summed E-state index contributed by atoms with van der Waals surface area (Å²) in [6.07, 6.45) is -1.46. The normalized spacial score (nSPS) is 10.2. The molecule has 0 N–H and O–H groups in total. The van der Waals surface area contributed by atoms with E-state index in [0.29, 0.717) is 0 Å². The number of hydrogen-bond donors (Lipinski definition) is 0. The molecule has 1 aromatic rings. The molecule has 1 aromatic heterocycles. The summed E-state index contributed by atoms with van der Waals surface area (Å²) in [7, 11) is 2.59. The van der Waals surface area contributed by atoms with Gasteiger partial charge in [0, 0.05) is 0 Å². The zero-order valence-electron chi connectivity index (χ0n) is 8.16. The number of carbonyl (C=O) groups excluding carboxylic acids is 1. The molecule has 0 saturated heterocycles. The third-order valence-electron chi connectivity index (χ3n) is 1.81. The van der Waals surface area contributed by atoms with E-state index in [9.17, 15) is 13.6 Å². The molecule has 0 aliphatic rings. The van der Waals surface area contributed by atoms with Gasteiger partial charge in [0.15, 0.2) is 17.8 Å². The van der Waals surface area contributed by atoms with Crippen LogP contribution in [0.4, 0.5) is 8.78 Å². The van der Waals surface area contributed by atoms with Gasteiger partial charge in [-0.2, -0.15) is 0 Å². The number of alkyl halides is 2. The maximum atomic E-state index is 12.4. The van der Waals surface area contributed by atoms with Crippen molar-refractivity contribution in [1.29, 1.82) is 0 Å². The van der Waals surface area contributed by atoms with Crippen molar-refractivity contribution in [3.05, 3.63) is 17.5 Å². The molecule has 0 radical (unpaired) electrons. The van der Waals surface area contributed by atoms with Crippen molar-refractivity contribution >= 4 is 6.29 Å². The van der Waals surface area contributed by atoms with E-state index in [2.05, 4.69) is 4.98 Å². The van der Waals surface area contributed by atoms with Crippen LogP contribution in [0.25, 0.3) is 0 Å². The van der Waals surface area contributed by atoms with E-state index < -0.39 is 12.1 Å². The molecule has 15 heavy (non-hydrogen) atoms. The van der Waals surface area contributed by atoms with E-state index >= 15 is 0 Å². The van der Waals surface area contributed by atoms with Gasteiger partial charge >= 0.3 is 0 Å². The Bertz CT molecular complexity index is 369. The highest BCUT2D eigenvalue weighted by Crippen LogP contribution is 2.34. The monoisotopic (exact) mass is 217 g/mol. The fourth-order valence-corrected chi connectivity index (χ4v) is 1.15. The van der Waals surface area contributed by atoms with E-state index in [4.69, 9.17) is 9.47 Å². The number of hydrogen-bond acceptors (Lipinski definition) is 4. The van der Waals surface area contributed by atoms with Gasteiger partial charge in [-0.05, 0) is 0 Å². The van der Waals surface area contributed by atoms with Gasteiger partial charge in [-0.1, -0.05) is 0 Å². The Morgan fingerprint density at radius 1 is 1.40 bits per heavy atom. The first-order valence-electron chi connectivity index (χ1n) is 3.99. The van der Waals surface area contributed by atoms with E-state index in [1.807, 2.05) is 0 Å². The Morgan fingerprint density at radius 3 is 2.47 bits per heavy atom. The summed E-state index contributed by atoms with van der Waals surface area (Å²) in [4.78, 5) is 14.1. The van der Waals surface area contributed by atoms with Crippen LogP contribution in [0, 0.1) is 0 Å². The average Bonchev–Trinajstić information content (AvgIpc) is 2.26. The molecule has 4 nitrogen and oxygen atoms in total. The smallest absolute Gasteiger partial charge is 0.281 e. The second-order valence-electron chi connectivity index (χ2n) is 2.58. The van der Waals surface area contributed by atoms with Gasteiger partial charge in [-0.15, -0.1) is 0 Å². The van der Waals surface area contributed by atoms with E-state index in [0.717, 1.165) is 6.20 Å². The minimum atomic E-state index is -2.83. The van der Waals surface area contributed by atoms with E-state index in [-0.39, 0.29) is 23.3 Å². The molecule has 0 fully saturated rings. The van der Waals surface area contributed by atoms with Crippen molar-refractivity contribution in [2.45, 2.75) is 6.43 Å². The van der Waals surface area contributed by atoms with Crippen LogP contribution in [0.5, 0.6) is 11.5 Å². The molecule has 1 heterocycles. The number of rotatable bonds is 4. The van der Waals surface area contributed by atoms with Crippen LogP contribution < -0.4 is 9.47 Å². The molecule has 0 aromatic carbocycles. The first-order chi connectivity index (χ1) is 7.15. The Hall–Kier alpha value is -1.72. The number of nitrogens with zero attached hydrogens (tertiary/aromatic N) is 1. The van der Waals surface area contributed by atoms with Crippen molar-refractivity contribution in [2.24, 2.45) is 0 Å².